The minimum absolute atomic E-state index is 0.0773. The van der Waals surface area contributed by atoms with Crippen molar-refractivity contribution >= 4 is 28.5 Å². The number of piperazine rings is 1. The molecular formula is C29H29N3O5. The Morgan fingerprint density at radius 3 is 2.32 bits per heavy atom. The van der Waals surface area contributed by atoms with Crippen LogP contribution in [0.1, 0.15) is 46.0 Å². The molecule has 5 rings (SSSR count). The van der Waals surface area contributed by atoms with Crippen molar-refractivity contribution in [1.82, 2.24) is 14.8 Å². The number of carbonyl (C=O) groups is 3. The Morgan fingerprint density at radius 2 is 1.68 bits per heavy atom. The third-order valence-electron chi connectivity index (χ3n) is 6.88. The molecule has 0 bridgehead atoms. The van der Waals surface area contributed by atoms with Gasteiger partial charge in [0.1, 0.15) is 11.5 Å². The lowest BCUT2D eigenvalue weighted by Gasteiger charge is -2.34. The molecule has 3 heterocycles. The SMILES string of the molecule is COc1ccc(-c2cc(C(C)C)co2)c2[nH]cc(C(=O)C(=O)N3CCN(C(=O)c4ccccc4)CC3)c12. The molecule has 190 valence electrons. The monoisotopic (exact) mass is 499 g/mol. The number of furan rings is 1. The second kappa shape index (κ2) is 9.97. The third kappa shape index (κ3) is 4.50. The number of ether oxygens (including phenoxy) is 1. The van der Waals surface area contributed by atoms with Crippen molar-refractivity contribution < 1.29 is 23.5 Å². The zero-order valence-corrected chi connectivity index (χ0v) is 21.1. The Bertz CT molecular complexity index is 1460. The maximum atomic E-state index is 13.4. The number of amides is 2. The van der Waals surface area contributed by atoms with Gasteiger partial charge in [-0.1, -0.05) is 32.0 Å². The first-order valence-electron chi connectivity index (χ1n) is 12.3. The number of aromatic nitrogens is 1. The van der Waals surface area contributed by atoms with Crippen molar-refractivity contribution in [2.45, 2.75) is 19.8 Å². The molecular weight excluding hydrogens is 470 g/mol. The quantitative estimate of drug-likeness (QED) is 0.306. The summed E-state index contributed by atoms with van der Waals surface area (Å²) in [6.07, 6.45) is 3.29. The zero-order valence-electron chi connectivity index (χ0n) is 21.1. The van der Waals surface area contributed by atoms with Crippen LogP contribution in [-0.2, 0) is 4.79 Å². The number of Topliss-reactive ketones (excluding diaryl/α,β-unsaturated/α-hetero) is 1. The van der Waals surface area contributed by atoms with Gasteiger partial charge in [0.15, 0.2) is 0 Å². The van der Waals surface area contributed by atoms with E-state index in [1.54, 1.807) is 35.6 Å². The predicted octanol–water partition coefficient (Wildman–Crippen LogP) is 4.73. The Kier molecular flexibility index (Phi) is 6.56. The number of nitrogens with one attached hydrogen (secondary N) is 1. The summed E-state index contributed by atoms with van der Waals surface area (Å²) in [5, 5.41) is 0.540. The van der Waals surface area contributed by atoms with Gasteiger partial charge in [-0.3, -0.25) is 14.4 Å². The minimum Gasteiger partial charge on any atom is -0.496 e. The van der Waals surface area contributed by atoms with Crippen LogP contribution in [0, 0.1) is 0 Å². The first-order valence-corrected chi connectivity index (χ1v) is 12.3. The predicted molar refractivity (Wildman–Crippen MR) is 140 cm³/mol. The third-order valence-corrected chi connectivity index (χ3v) is 6.88. The summed E-state index contributed by atoms with van der Waals surface area (Å²) in [4.78, 5) is 45.7. The summed E-state index contributed by atoms with van der Waals surface area (Å²) in [6, 6.07) is 14.7. The van der Waals surface area contributed by atoms with Crippen LogP contribution < -0.4 is 4.74 Å². The number of aromatic amines is 1. The maximum absolute atomic E-state index is 13.4. The molecule has 0 spiro atoms. The topological polar surface area (TPSA) is 95.8 Å². The van der Waals surface area contributed by atoms with Gasteiger partial charge in [0, 0.05) is 43.5 Å². The Hall–Kier alpha value is -4.33. The van der Waals surface area contributed by atoms with E-state index in [0.717, 1.165) is 11.1 Å². The van der Waals surface area contributed by atoms with Crippen LogP contribution >= 0.6 is 0 Å². The highest BCUT2D eigenvalue weighted by molar-refractivity contribution is 6.45. The van der Waals surface area contributed by atoms with Crippen LogP contribution in [0.4, 0.5) is 0 Å². The summed E-state index contributed by atoms with van der Waals surface area (Å²) in [5.74, 6) is 0.180. The average molecular weight is 500 g/mol. The van der Waals surface area contributed by atoms with E-state index in [1.807, 2.05) is 30.3 Å². The van der Waals surface area contributed by atoms with E-state index in [2.05, 4.69) is 18.8 Å². The summed E-state index contributed by atoms with van der Waals surface area (Å²) >= 11 is 0. The molecule has 0 radical (unpaired) electrons. The molecule has 0 aliphatic carbocycles. The maximum Gasteiger partial charge on any atom is 0.295 e. The van der Waals surface area contributed by atoms with E-state index >= 15 is 0 Å². The number of fused-ring (bicyclic) bond motifs is 1. The van der Waals surface area contributed by atoms with E-state index in [4.69, 9.17) is 9.15 Å². The van der Waals surface area contributed by atoms with Gasteiger partial charge in [-0.2, -0.15) is 0 Å². The van der Waals surface area contributed by atoms with Gasteiger partial charge in [0.2, 0.25) is 0 Å². The number of hydrogen-bond donors (Lipinski definition) is 1. The Labute approximate surface area is 214 Å². The van der Waals surface area contributed by atoms with Crippen molar-refractivity contribution in [3.63, 3.8) is 0 Å². The van der Waals surface area contributed by atoms with E-state index in [9.17, 15) is 14.4 Å². The zero-order chi connectivity index (χ0) is 26.1. The fraction of sp³-hybridized carbons (Fsp3) is 0.276. The van der Waals surface area contributed by atoms with Crippen LogP contribution in [0.25, 0.3) is 22.2 Å². The summed E-state index contributed by atoms with van der Waals surface area (Å²) in [5.41, 5.74) is 3.37. The molecule has 8 nitrogen and oxygen atoms in total. The number of hydrogen-bond acceptors (Lipinski definition) is 5. The van der Waals surface area contributed by atoms with Gasteiger partial charge in [0.25, 0.3) is 17.6 Å². The second-order valence-corrected chi connectivity index (χ2v) is 9.45. The highest BCUT2D eigenvalue weighted by Crippen LogP contribution is 2.37. The largest absolute Gasteiger partial charge is 0.496 e. The normalized spacial score (nSPS) is 13.8. The molecule has 37 heavy (non-hydrogen) atoms. The molecule has 1 aliphatic heterocycles. The van der Waals surface area contributed by atoms with E-state index < -0.39 is 11.7 Å². The number of H-pyrrole nitrogens is 1. The second-order valence-electron chi connectivity index (χ2n) is 9.45. The summed E-state index contributed by atoms with van der Waals surface area (Å²) in [7, 11) is 1.53. The molecule has 8 heteroatoms. The number of rotatable bonds is 6. The molecule has 2 aromatic heterocycles. The molecule has 2 aromatic carbocycles. The molecule has 0 atom stereocenters. The van der Waals surface area contributed by atoms with Crippen LogP contribution in [-0.4, -0.2) is 65.7 Å². The van der Waals surface area contributed by atoms with Crippen molar-refractivity contribution in [2.75, 3.05) is 33.3 Å². The minimum atomic E-state index is -0.619. The van der Waals surface area contributed by atoms with Gasteiger partial charge in [0.05, 0.1) is 29.8 Å². The lowest BCUT2D eigenvalue weighted by atomic mass is 10.0. The highest BCUT2D eigenvalue weighted by atomic mass is 16.5. The van der Waals surface area contributed by atoms with Crippen LogP contribution in [0.3, 0.4) is 0 Å². The van der Waals surface area contributed by atoms with Crippen molar-refractivity contribution in [1.29, 1.82) is 0 Å². The van der Waals surface area contributed by atoms with Gasteiger partial charge in [-0.25, -0.2) is 0 Å². The van der Waals surface area contributed by atoms with E-state index in [0.29, 0.717) is 47.0 Å². The molecule has 1 saturated heterocycles. The van der Waals surface area contributed by atoms with Crippen LogP contribution in [0.5, 0.6) is 5.75 Å². The van der Waals surface area contributed by atoms with E-state index in [-0.39, 0.29) is 24.6 Å². The molecule has 0 saturated carbocycles. The van der Waals surface area contributed by atoms with Gasteiger partial charge in [-0.05, 0) is 41.8 Å². The smallest absolute Gasteiger partial charge is 0.295 e. The van der Waals surface area contributed by atoms with Crippen molar-refractivity contribution in [2.24, 2.45) is 0 Å². The Morgan fingerprint density at radius 1 is 0.973 bits per heavy atom. The van der Waals surface area contributed by atoms with Crippen LogP contribution in [0.2, 0.25) is 0 Å². The van der Waals surface area contributed by atoms with Crippen LogP contribution in [0.15, 0.2) is 65.4 Å². The van der Waals surface area contributed by atoms with Crippen molar-refractivity contribution in [3.8, 4) is 17.1 Å². The lowest BCUT2D eigenvalue weighted by molar-refractivity contribution is -0.127. The fourth-order valence-electron chi connectivity index (χ4n) is 4.70. The molecule has 1 fully saturated rings. The fourth-order valence-corrected chi connectivity index (χ4v) is 4.70. The number of benzene rings is 2. The Balaban J connectivity index is 1.37. The number of methoxy groups -OCH3 is 1. The first-order chi connectivity index (χ1) is 17.9. The van der Waals surface area contributed by atoms with E-state index in [1.165, 1.54) is 12.0 Å². The van der Waals surface area contributed by atoms with Gasteiger partial charge >= 0.3 is 0 Å². The first kappa shape index (κ1) is 24.4. The molecule has 4 aromatic rings. The molecule has 2 amide bonds. The van der Waals surface area contributed by atoms with Crippen molar-refractivity contribution in [3.05, 3.63) is 77.7 Å². The molecule has 1 N–H and O–H groups in total. The van der Waals surface area contributed by atoms with Gasteiger partial charge < -0.3 is 23.9 Å². The summed E-state index contributed by atoms with van der Waals surface area (Å²) in [6.45, 7) is 5.49. The number of nitrogens with zero attached hydrogens (tertiary/aromatic N) is 2. The standard InChI is InChI=1S/C29H29N3O5/c1-18(2)20-15-24(37-17-20)21-9-10-23(36-3)25-22(16-30-26(21)25)27(33)29(35)32-13-11-31(12-14-32)28(34)19-7-5-4-6-8-19/h4-10,15-18,30H,11-14H2,1-3H3. The average Bonchev–Trinajstić information content (AvgIpc) is 3.60. The lowest BCUT2D eigenvalue weighted by Crippen LogP contribution is -2.52. The molecule has 1 aliphatic rings. The van der Waals surface area contributed by atoms with Gasteiger partial charge in [-0.15, -0.1) is 0 Å². The highest BCUT2D eigenvalue weighted by Gasteiger charge is 2.31. The summed E-state index contributed by atoms with van der Waals surface area (Å²) < 4.78 is 11.4. The number of ketones is 1. The number of carbonyl (C=O) groups excluding carboxylic acids is 3. The molecule has 0 unspecified atom stereocenters.